The first kappa shape index (κ1) is 19.1. The molecule has 1 N–H and O–H groups in total. The highest BCUT2D eigenvalue weighted by Gasteiger charge is 2.25. The molecule has 2 rings (SSSR count). The van der Waals surface area contributed by atoms with Gasteiger partial charge in [0.1, 0.15) is 4.21 Å². The number of nitrogens with one attached hydrogen (secondary N) is 1. The molecule has 1 heterocycles. The maximum atomic E-state index is 12.6. The molecule has 1 unspecified atom stereocenters. The molecule has 24 heavy (non-hydrogen) atoms. The van der Waals surface area contributed by atoms with Gasteiger partial charge in [0.2, 0.25) is 0 Å². The Morgan fingerprint density at radius 3 is 2.67 bits per heavy atom. The second-order valence-electron chi connectivity index (χ2n) is 5.08. The molecule has 0 bridgehead atoms. The third-order valence-corrected chi connectivity index (χ3v) is 7.08. The molecule has 0 saturated carbocycles. The molecule has 1 atom stereocenters. The average molecular weight is 432 g/mol. The van der Waals surface area contributed by atoms with Crippen molar-refractivity contribution in [3.05, 3.63) is 51.3 Å². The lowest BCUT2D eigenvalue weighted by Crippen LogP contribution is -2.30. The first-order chi connectivity index (χ1) is 11.4. The second-order valence-corrected chi connectivity index (χ2v) is 9.11. The summed E-state index contributed by atoms with van der Waals surface area (Å²) in [7, 11) is -2.44. The van der Waals surface area contributed by atoms with Crippen molar-refractivity contribution in [2.45, 2.75) is 30.0 Å². The van der Waals surface area contributed by atoms with Crippen molar-refractivity contribution in [2.24, 2.45) is 0 Å². The van der Waals surface area contributed by atoms with Crippen LogP contribution in [0.25, 0.3) is 0 Å². The van der Waals surface area contributed by atoms with Crippen LogP contribution in [0.3, 0.4) is 0 Å². The smallest absolute Gasteiger partial charge is 0.307 e. The predicted molar refractivity (Wildman–Crippen MR) is 97.5 cm³/mol. The lowest BCUT2D eigenvalue weighted by molar-refractivity contribution is -0.141. The molecule has 1 aromatic heterocycles. The monoisotopic (exact) mass is 431 g/mol. The van der Waals surface area contributed by atoms with Gasteiger partial charge in [0.25, 0.3) is 10.0 Å². The van der Waals surface area contributed by atoms with E-state index in [4.69, 9.17) is 4.74 Å². The fraction of sp³-hybridized carbons (Fsp3) is 0.312. The highest BCUT2D eigenvalue weighted by atomic mass is 79.9. The van der Waals surface area contributed by atoms with Gasteiger partial charge >= 0.3 is 5.97 Å². The number of esters is 1. The van der Waals surface area contributed by atoms with E-state index in [1.165, 1.54) is 18.4 Å². The number of rotatable bonds is 7. The molecule has 0 aliphatic carbocycles. The van der Waals surface area contributed by atoms with Gasteiger partial charge in [-0.3, -0.25) is 4.79 Å². The zero-order chi connectivity index (χ0) is 17.7. The van der Waals surface area contributed by atoms with Crippen LogP contribution >= 0.6 is 27.3 Å². The summed E-state index contributed by atoms with van der Waals surface area (Å²) in [5.74, 6) is -0.483. The Kier molecular flexibility index (Phi) is 6.56. The van der Waals surface area contributed by atoms with E-state index in [0.717, 1.165) is 15.8 Å². The molecular weight excluding hydrogens is 414 g/mol. The predicted octanol–water partition coefficient (Wildman–Crippen LogP) is 3.66. The Morgan fingerprint density at radius 2 is 2.08 bits per heavy atom. The van der Waals surface area contributed by atoms with E-state index in [2.05, 4.69) is 20.7 Å². The van der Waals surface area contributed by atoms with Gasteiger partial charge in [0.05, 0.1) is 19.6 Å². The van der Waals surface area contributed by atoms with E-state index in [1.54, 1.807) is 30.3 Å². The Morgan fingerprint density at radius 1 is 1.33 bits per heavy atom. The lowest BCUT2D eigenvalue weighted by Gasteiger charge is -2.18. The molecule has 130 valence electrons. The van der Waals surface area contributed by atoms with Crippen LogP contribution in [0, 0.1) is 0 Å². The first-order valence-corrected chi connectivity index (χ1v) is 10.4. The van der Waals surface area contributed by atoms with Crippen LogP contribution in [0.5, 0.6) is 0 Å². The number of halogens is 1. The molecule has 2 aromatic rings. The number of hydrogen-bond donors (Lipinski definition) is 1. The van der Waals surface area contributed by atoms with E-state index in [-0.39, 0.29) is 10.6 Å². The highest BCUT2D eigenvalue weighted by Crippen LogP contribution is 2.27. The van der Waals surface area contributed by atoms with Crippen molar-refractivity contribution in [3.63, 3.8) is 0 Å². The van der Waals surface area contributed by atoms with Crippen LogP contribution < -0.4 is 4.72 Å². The van der Waals surface area contributed by atoms with Crippen molar-refractivity contribution in [3.8, 4) is 0 Å². The largest absolute Gasteiger partial charge is 0.469 e. The minimum absolute atomic E-state index is 0.0851. The van der Waals surface area contributed by atoms with Crippen LogP contribution in [-0.4, -0.2) is 21.5 Å². The molecule has 0 saturated heterocycles. The molecular formula is C16H18BrNO4S2. The van der Waals surface area contributed by atoms with E-state index in [0.29, 0.717) is 5.56 Å². The summed E-state index contributed by atoms with van der Waals surface area (Å²) in [6, 6.07) is 9.86. The van der Waals surface area contributed by atoms with Gasteiger partial charge in [0.15, 0.2) is 0 Å². The van der Waals surface area contributed by atoms with E-state index >= 15 is 0 Å². The fourth-order valence-electron chi connectivity index (χ4n) is 2.14. The number of sulfonamides is 1. The number of carbonyl (C=O) groups is 1. The molecule has 0 aliphatic heterocycles. The standard InChI is InChI=1S/C16H18BrNO4S2/c1-3-13-7-8-16(23-13)24(20,21)18-14(10-15(19)22-2)11-5-4-6-12(17)9-11/h4-9,14,18H,3,10H2,1-2H3. The van der Waals surface area contributed by atoms with Crippen molar-refractivity contribution >= 4 is 43.3 Å². The molecule has 8 heteroatoms. The van der Waals surface area contributed by atoms with Crippen molar-refractivity contribution in [2.75, 3.05) is 7.11 Å². The quantitative estimate of drug-likeness (QED) is 0.678. The van der Waals surface area contributed by atoms with E-state index in [1.807, 2.05) is 13.0 Å². The van der Waals surface area contributed by atoms with Gasteiger partial charge in [-0.2, -0.15) is 0 Å². The summed E-state index contributed by atoms with van der Waals surface area (Å²) in [6.45, 7) is 1.97. The Balaban J connectivity index is 2.31. The summed E-state index contributed by atoms with van der Waals surface area (Å²) < 4.78 is 33.6. The number of hydrogen-bond acceptors (Lipinski definition) is 5. The van der Waals surface area contributed by atoms with Crippen LogP contribution in [0.2, 0.25) is 0 Å². The molecule has 1 aromatic carbocycles. The number of ether oxygens (including phenoxy) is 1. The summed E-state index contributed by atoms with van der Waals surface area (Å²) in [4.78, 5) is 12.7. The molecule has 0 aliphatic rings. The molecule has 0 spiro atoms. The lowest BCUT2D eigenvalue weighted by atomic mass is 10.1. The minimum atomic E-state index is -3.72. The summed E-state index contributed by atoms with van der Waals surface area (Å²) in [5.41, 5.74) is 0.686. The topological polar surface area (TPSA) is 72.5 Å². The van der Waals surface area contributed by atoms with Gasteiger partial charge in [-0.15, -0.1) is 11.3 Å². The molecule has 0 fully saturated rings. The highest BCUT2D eigenvalue weighted by molar-refractivity contribution is 9.10. The van der Waals surface area contributed by atoms with Crippen LogP contribution in [0.1, 0.15) is 29.8 Å². The van der Waals surface area contributed by atoms with Crippen LogP contribution in [0.4, 0.5) is 0 Å². The normalized spacial score (nSPS) is 12.8. The third kappa shape index (κ3) is 4.89. The Hall–Kier alpha value is -1.22. The molecule has 0 radical (unpaired) electrons. The fourth-order valence-corrected chi connectivity index (χ4v) is 5.09. The van der Waals surface area contributed by atoms with Gasteiger partial charge in [-0.1, -0.05) is 35.0 Å². The minimum Gasteiger partial charge on any atom is -0.469 e. The van der Waals surface area contributed by atoms with Crippen molar-refractivity contribution in [1.29, 1.82) is 0 Å². The zero-order valence-corrected chi connectivity index (χ0v) is 16.5. The Bertz CT molecular complexity index is 817. The SMILES string of the molecule is CCc1ccc(S(=O)(=O)NC(CC(=O)OC)c2cccc(Br)c2)s1. The number of carbonyl (C=O) groups excluding carboxylic acids is 1. The second kappa shape index (κ2) is 8.24. The maximum Gasteiger partial charge on any atom is 0.307 e. The Labute approximate surface area is 154 Å². The van der Waals surface area contributed by atoms with Gasteiger partial charge in [-0.25, -0.2) is 13.1 Å². The van der Waals surface area contributed by atoms with E-state index < -0.39 is 22.0 Å². The summed E-state index contributed by atoms with van der Waals surface area (Å²) in [6.07, 6.45) is 0.690. The number of benzene rings is 1. The van der Waals surface area contributed by atoms with Crippen molar-refractivity contribution < 1.29 is 17.9 Å². The van der Waals surface area contributed by atoms with Crippen LogP contribution in [0.15, 0.2) is 45.1 Å². The first-order valence-electron chi connectivity index (χ1n) is 7.29. The molecule has 0 amide bonds. The molecule has 5 nitrogen and oxygen atoms in total. The summed E-state index contributed by atoms with van der Waals surface area (Å²) >= 11 is 4.59. The zero-order valence-electron chi connectivity index (χ0n) is 13.3. The number of methoxy groups -OCH3 is 1. The van der Waals surface area contributed by atoms with E-state index in [9.17, 15) is 13.2 Å². The maximum absolute atomic E-state index is 12.6. The number of thiophene rings is 1. The third-order valence-electron chi connectivity index (χ3n) is 3.40. The number of aryl methyl sites for hydroxylation is 1. The van der Waals surface area contributed by atoms with Gasteiger partial charge < -0.3 is 4.74 Å². The van der Waals surface area contributed by atoms with Crippen LogP contribution in [-0.2, 0) is 26.0 Å². The average Bonchev–Trinajstić information content (AvgIpc) is 3.04. The summed E-state index contributed by atoms with van der Waals surface area (Å²) in [5, 5.41) is 0. The van der Waals surface area contributed by atoms with Gasteiger partial charge in [-0.05, 0) is 36.2 Å². The van der Waals surface area contributed by atoms with Crippen molar-refractivity contribution in [1.82, 2.24) is 4.72 Å². The van der Waals surface area contributed by atoms with Gasteiger partial charge in [0, 0.05) is 9.35 Å².